The van der Waals surface area contributed by atoms with Crippen molar-refractivity contribution in [1.82, 2.24) is 15.3 Å². The first-order valence-corrected chi connectivity index (χ1v) is 4.51. The first kappa shape index (κ1) is 8.44. The van der Waals surface area contributed by atoms with E-state index in [0.717, 1.165) is 25.9 Å². The molecule has 4 heteroatoms. The summed E-state index contributed by atoms with van der Waals surface area (Å²) in [6.45, 7) is 2.05. The van der Waals surface area contributed by atoms with Crippen LogP contribution in [0.5, 0.6) is 5.88 Å². The predicted octanol–water partition coefficient (Wildman–Crippen LogP) is 0.408. The first-order chi connectivity index (χ1) is 6.45. The van der Waals surface area contributed by atoms with Crippen LogP contribution in [0.15, 0.2) is 12.3 Å². The number of rotatable bonds is 2. The summed E-state index contributed by atoms with van der Waals surface area (Å²) in [5.41, 5.74) is 0. The molecule has 0 aliphatic carbocycles. The molecule has 0 spiro atoms. The van der Waals surface area contributed by atoms with Gasteiger partial charge in [-0.05, 0) is 25.9 Å². The van der Waals surface area contributed by atoms with Gasteiger partial charge in [0.25, 0.3) is 0 Å². The summed E-state index contributed by atoms with van der Waals surface area (Å²) in [5, 5.41) is 3.28. The van der Waals surface area contributed by atoms with Crippen LogP contribution in [0.2, 0.25) is 0 Å². The fourth-order valence-electron chi connectivity index (χ4n) is 1.40. The molecule has 13 heavy (non-hydrogen) atoms. The maximum atomic E-state index is 5.63. The summed E-state index contributed by atoms with van der Waals surface area (Å²) in [7, 11) is 0. The third-order valence-electron chi connectivity index (χ3n) is 2.08. The van der Waals surface area contributed by atoms with E-state index in [-0.39, 0.29) is 0 Å². The summed E-state index contributed by atoms with van der Waals surface area (Å²) < 4.78 is 5.63. The highest BCUT2D eigenvalue weighted by atomic mass is 16.5. The second-order valence-electron chi connectivity index (χ2n) is 3.06. The van der Waals surface area contributed by atoms with Gasteiger partial charge in [0.1, 0.15) is 6.10 Å². The van der Waals surface area contributed by atoms with E-state index >= 15 is 0 Å². The highest BCUT2D eigenvalue weighted by molar-refractivity contribution is 5.04. The van der Waals surface area contributed by atoms with Crippen LogP contribution >= 0.6 is 0 Å². The Morgan fingerprint density at radius 1 is 1.46 bits per heavy atom. The Morgan fingerprint density at radius 2 is 2.31 bits per heavy atom. The lowest BCUT2D eigenvalue weighted by molar-refractivity contribution is 0.155. The number of hydrogen-bond acceptors (Lipinski definition) is 4. The Kier molecular flexibility index (Phi) is 2.72. The molecule has 2 heterocycles. The zero-order valence-corrected chi connectivity index (χ0v) is 7.36. The lowest BCUT2D eigenvalue weighted by atomic mass is 10.1. The zero-order chi connectivity index (χ0) is 8.93. The topological polar surface area (TPSA) is 47.0 Å². The molecule has 1 aromatic heterocycles. The number of nitrogens with one attached hydrogen (secondary N) is 1. The number of aromatic nitrogens is 2. The van der Waals surface area contributed by atoms with Crippen LogP contribution in [0.4, 0.5) is 0 Å². The molecule has 1 fully saturated rings. The van der Waals surface area contributed by atoms with Crippen LogP contribution < -0.4 is 10.1 Å². The third-order valence-corrected chi connectivity index (χ3v) is 2.08. The number of ether oxygens (including phenoxy) is 1. The van der Waals surface area contributed by atoms with Crippen LogP contribution in [0.25, 0.3) is 0 Å². The Balaban J connectivity index is 1.90. The Labute approximate surface area is 77.4 Å². The van der Waals surface area contributed by atoms with E-state index in [2.05, 4.69) is 21.6 Å². The van der Waals surface area contributed by atoms with Gasteiger partial charge >= 0.3 is 0 Å². The molecule has 2 rings (SSSR count). The Hall–Kier alpha value is -1.16. The molecule has 0 atom stereocenters. The van der Waals surface area contributed by atoms with E-state index in [9.17, 15) is 0 Å². The first-order valence-electron chi connectivity index (χ1n) is 4.51. The van der Waals surface area contributed by atoms with Crippen molar-refractivity contribution in [3.8, 4) is 5.88 Å². The lowest BCUT2D eigenvalue weighted by Gasteiger charge is -2.22. The SMILES string of the molecule is [c]1nccc(OC2CCNCC2)n1. The minimum absolute atomic E-state index is 0.296. The van der Waals surface area contributed by atoms with E-state index in [1.165, 1.54) is 0 Å². The van der Waals surface area contributed by atoms with Gasteiger partial charge < -0.3 is 10.1 Å². The van der Waals surface area contributed by atoms with Gasteiger partial charge in [-0.15, -0.1) is 0 Å². The molecule has 0 saturated carbocycles. The van der Waals surface area contributed by atoms with Gasteiger partial charge in [0, 0.05) is 12.3 Å². The standard InChI is InChI=1S/C9H12N3O/c1-4-10-5-2-8(1)13-9-3-6-11-7-12-9/h3,6,8,10H,1-2,4-5H2. The van der Waals surface area contributed by atoms with Gasteiger partial charge in [0.15, 0.2) is 0 Å². The van der Waals surface area contributed by atoms with Crippen LogP contribution in [0, 0.1) is 6.33 Å². The van der Waals surface area contributed by atoms with Crippen LogP contribution in [0.1, 0.15) is 12.8 Å². The molecular formula is C9H12N3O. The summed E-state index contributed by atoms with van der Waals surface area (Å²) >= 11 is 0. The Bertz CT molecular complexity index is 246. The fraction of sp³-hybridized carbons (Fsp3) is 0.556. The molecule has 0 unspecified atom stereocenters. The molecular weight excluding hydrogens is 166 g/mol. The smallest absolute Gasteiger partial charge is 0.217 e. The largest absolute Gasteiger partial charge is 0.474 e. The van der Waals surface area contributed by atoms with Gasteiger partial charge in [-0.25, -0.2) is 4.98 Å². The summed E-state index contributed by atoms with van der Waals surface area (Å²) in [6.07, 6.45) is 6.54. The molecule has 0 aromatic carbocycles. The van der Waals surface area contributed by atoms with Crippen molar-refractivity contribution in [3.05, 3.63) is 18.6 Å². The van der Waals surface area contributed by atoms with Gasteiger partial charge in [0.05, 0.1) is 0 Å². The van der Waals surface area contributed by atoms with Crippen molar-refractivity contribution < 1.29 is 4.74 Å². The minimum Gasteiger partial charge on any atom is -0.474 e. The van der Waals surface area contributed by atoms with Gasteiger partial charge in [-0.2, -0.15) is 4.98 Å². The van der Waals surface area contributed by atoms with E-state index in [1.54, 1.807) is 12.3 Å². The molecule has 4 nitrogen and oxygen atoms in total. The van der Waals surface area contributed by atoms with E-state index in [1.807, 2.05) is 0 Å². The van der Waals surface area contributed by atoms with Gasteiger partial charge in [-0.1, -0.05) is 0 Å². The van der Waals surface area contributed by atoms with Crippen molar-refractivity contribution in [2.24, 2.45) is 0 Å². The fourth-order valence-corrected chi connectivity index (χ4v) is 1.40. The molecule has 0 amide bonds. The molecule has 1 aromatic rings. The summed E-state index contributed by atoms with van der Waals surface area (Å²) in [4.78, 5) is 7.60. The van der Waals surface area contributed by atoms with E-state index < -0.39 is 0 Å². The molecule has 1 saturated heterocycles. The van der Waals surface area contributed by atoms with Crippen LogP contribution in [-0.4, -0.2) is 29.2 Å². The molecule has 1 aliphatic rings. The second kappa shape index (κ2) is 4.18. The predicted molar refractivity (Wildman–Crippen MR) is 47.4 cm³/mol. The van der Waals surface area contributed by atoms with Crippen molar-refractivity contribution in [2.45, 2.75) is 18.9 Å². The van der Waals surface area contributed by atoms with Gasteiger partial charge in [0.2, 0.25) is 12.2 Å². The van der Waals surface area contributed by atoms with Crippen molar-refractivity contribution >= 4 is 0 Å². The zero-order valence-electron chi connectivity index (χ0n) is 7.36. The maximum Gasteiger partial charge on any atom is 0.217 e. The molecule has 0 bridgehead atoms. The lowest BCUT2D eigenvalue weighted by Crippen LogP contribution is -2.34. The van der Waals surface area contributed by atoms with Crippen LogP contribution in [0.3, 0.4) is 0 Å². The summed E-state index contributed by atoms with van der Waals surface area (Å²) in [5.74, 6) is 0.627. The Morgan fingerprint density at radius 3 is 3.00 bits per heavy atom. The normalized spacial score (nSPS) is 18.5. The average Bonchev–Trinajstić information content (AvgIpc) is 2.21. The van der Waals surface area contributed by atoms with Crippen LogP contribution in [-0.2, 0) is 0 Å². The summed E-state index contributed by atoms with van der Waals surface area (Å²) in [6, 6.07) is 1.76. The quantitative estimate of drug-likeness (QED) is 0.712. The molecule has 1 aliphatic heterocycles. The van der Waals surface area contributed by atoms with Crippen molar-refractivity contribution in [2.75, 3.05) is 13.1 Å². The molecule has 1 radical (unpaired) electrons. The number of piperidine rings is 1. The number of hydrogen-bond donors (Lipinski definition) is 1. The minimum atomic E-state index is 0.296. The third kappa shape index (κ3) is 2.39. The van der Waals surface area contributed by atoms with Crippen molar-refractivity contribution in [3.63, 3.8) is 0 Å². The molecule has 1 N–H and O–H groups in total. The van der Waals surface area contributed by atoms with Crippen molar-refractivity contribution in [1.29, 1.82) is 0 Å². The highest BCUT2D eigenvalue weighted by Gasteiger charge is 2.14. The van der Waals surface area contributed by atoms with Gasteiger partial charge in [-0.3, -0.25) is 0 Å². The van der Waals surface area contributed by atoms with E-state index in [4.69, 9.17) is 4.74 Å². The highest BCUT2D eigenvalue weighted by Crippen LogP contribution is 2.11. The second-order valence-corrected chi connectivity index (χ2v) is 3.06. The number of nitrogens with zero attached hydrogens (tertiary/aromatic N) is 2. The average molecular weight is 178 g/mol. The van der Waals surface area contributed by atoms with E-state index in [0.29, 0.717) is 12.0 Å². The maximum absolute atomic E-state index is 5.63. The molecule has 69 valence electrons. The monoisotopic (exact) mass is 178 g/mol.